The second-order valence-corrected chi connectivity index (χ2v) is 6.84. The van der Waals surface area contributed by atoms with E-state index >= 15 is 0 Å². The van der Waals surface area contributed by atoms with Gasteiger partial charge in [0.2, 0.25) is 0 Å². The Balaban J connectivity index is 3.53. The first kappa shape index (κ1) is 17.5. The van der Waals surface area contributed by atoms with Gasteiger partial charge in [0.05, 0.1) is 9.40 Å². The summed E-state index contributed by atoms with van der Waals surface area (Å²) in [5, 5.41) is 22.6. The summed E-state index contributed by atoms with van der Waals surface area (Å²) in [6.45, 7) is 5.93. The van der Waals surface area contributed by atoms with Crippen LogP contribution in [0.5, 0.6) is 0 Å². The number of nitro benzene ring substituents is 1. The fraction of sp³-hybridized carbons (Fsp3) is 0.385. The van der Waals surface area contributed by atoms with E-state index in [9.17, 15) is 10.1 Å². The van der Waals surface area contributed by atoms with E-state index in [0.29, 0.717) is 9.64 Å². The zero-order valence-corrected chi connectivity index (χ0v) is 14.5. The van der Waals surface area contributed by atoms with Crippen molar-refractivity contribution in [1.29, 1.82) is 5.26 Å². The van der Waals surface area contributed by atoms with Crippen molar-refractivity contribution in [3.8, 4) is 6.19 Å². The second kappa shape index (κ2) is 6.91. The number of aliphatic imine (C=N–C) groups is 1. The molecule has 6 nitrogen and oxygen atoms in total. The van der Waals surface area contributed by atoms with E-state index in [2.05, 4.69) is 26.2 Å². The Morgan fingerprint density at radius 2 is 2.14 bits per heavy atom. The number of nitriles is 1. The van der Waals surface area contributed by atoms with Crippen LogP contribution in [-0.4, -0.2) is 16.3 Å². The van der Waals surface area contributed by atoms with Gasteiger partial charge in [-0.05, 0) is 39.2 Å². The van der Waals surface area contributed by atoms with E-state index in [1.54, 1.807) is 12.4 Å². The first-order valence-electron chi connectivity index (χ1n) is 5.97. The number of nitrogens with one attached hydrogen (secondary N) is 1. The van der Waals surface area contributed by atoms with Crippen molar-refractivity contribution in [3.05, 3.63) is 32.3 Å². The summed E-state index contributed by atoms with van der Waals surface area (Å²) >= 11 is 4.54. The minimum atomic E-state index is -0.469. The van der Waals surface area contributed by atoms with Gasteiger partial charge < -0.3 is 0 Å². The zero-order valence-electron chi connectivity index (χ0n) is 12.1. The number of thioether (sulfide) groups is 1. The van der Waals surface area contributed by atoms with Crippen LogP contribution in [0.1, 0.15) is 26.3 Å². The molecule has 0 saturated carbocycles. The Morgan fingerprint density at radius 1 is 1.52 bits per heavy atom. The van der Waals surface area contributed by atoms with Gasteiger partial charge in [0.25, 0.3) is 5.69 Å². The molecule has 0 aliphatic rings. The molecule has 0 aliphatic carbocycles. The lowest BCUT2D eigenvalue weighted by Gasteiger charge is -2.19. The number of amidine groups is 1. The molecule has 0 amide bonds. The van der Waals surface area contributed by atoms with Gasteiger partial charge in [0, 0.05) is 6.07 Å². The summed E-state index contributed by atoms with van der Waals surface area (Å²) < 4.78 is 0.521. The van der Waals surface area contributed by atoms with Crippen LogP contribution < -0.4 is 5.32 Å². The fourth-order valence-corrected chi connectivity index (χ4v) is 2.41. The van der Waals surface area contributed by atoms with Crippen LogP contribution in [0.4, 0.5) is 11.4 Å². The molecular weight excluding hydrogens is 356 g/mol. The Bertz CT molecular complexity index is 632. The molecule has 0 heterocycles. The third-order valence-electron chi connectivity index (χ3n) is 2.68. The van der Waals surface area contributed by atoms with Crippen molar-refractivity contribution < 1.29 is 4.92 Å². The van der Waals surface area contributed by atoms with Gasteiger partial charge in [-0.15, -0.1) is 0 Å². The van der Waals surface area contributed by atoms with Crippen molar-refractivity contribution in [2.24, 2.45) is 4.99 Å². The second-order valence-electron chi connectivity index (χ2n) is 5.19. The van der Waals surface area contributed by atoms with Crippen LogP contribution in [0.25, 0.3) is 0 Å². The average Bonchev–Trinajstić information content (AvgIpc) is 2.38. The maximum absolute atomic E-state index is 11.3. The van der Waals surface area contributed by atoms with Gasteiger partial charge in [-0.1, -0.05) is 32.5 Å². The molecule has 0 saturated heterocycles. The van der Waals surface area contributed by atoms with Crippen LogP contribution in [-0.2, 0) is 5.41 Å². The molecule has 0 radical (unpaired) electrons. The summed E-state index contributed by atoms with van der Waals surface area (Å²) in [6, 6.07) is 3.34. The first-order valence-corrected chi connectivity index (χ1v) is 7.98. The number of nitro groups is 1. The molecule has 0 bridgehead atoms. The van der Waals surface area contributed by atoms with Gasteiger partial charge in [0.1, 0.15) is 0 Å². The van der Waals surface area contributed by atoms with Crippen molar-refractivity contribution in [2.45, 2.75) is 26.2 Å². The summed E-state index contributed by atoms with van der Waals surface area (Å²) in [5.41, 5.74) is 0.711. The Morgan fingerprint density at radius 3 is 2.57 bits per heavy atom. The quantitative estimate of drug-likeness (QED) is 0.211. The van der Waals surface area contributed by atoms with Crippen LogP contribution in [0.15, 0.2) is 21.6 Å². The number of halogens is 1. The highest BCUT2D eigenvalue weighted by molar-refractivity contribution is 9.10. The van der Waals surface area contributed by atoms with Gasteiger partial charge in [-0.25, -0.2) is 4.99 Å². The molecule has 0 aromatic heterocycles. The monoisotopic (exact) mass is 370 g/mol. The molecule has 1 rings (SSSR count). The standard InChI is InChI=1S/C13H15BrN4O2S/c1-13(2,3)8-5-9(14)11(10(6-8)18(19)20)17-12(21-4)16-7-15/h5-6H,1-4H3,(H,16,17). The largest absolute Gasteiger partial charge is 0.296 e. The lowest BCUT2D eigenvalue weighted by atomic mass is 9.86. The molecule has 8 heteroatoms. The average molecular weight is 371 g/mol. The fourth-order valence-electron chi connectivity index (χ4n) is 1.54. The molecule has 21 heavy (non-hydrogen) atoms. The van der Waals surface area contributed by atoms with Crippen LogP contribution in [0.3, 0.4) is 0 Å². The van der Waals surface area contributed by atoms with E-state index in [0.717, 1.165) is 5.56 Å². The van der Waals surface area contributed by atoms with Crippen molar-refractivity contribution >= 4 is 44.2 Å². The maximum Gasteiger partial charge on any atom is 0.296 e. The number of hydrogen-bond donors (Lipinski definition) is 1. The number of rotatable bonds is 2. The summed E-state index contributed by atoms with van der Waals surface area (Å²) in [5.74, 6) is 0. The normalized spacial score (nSPS) is 11.9. The highest BCUT2D eigenvalue weighted by atomic mass is 79.9. The lowest BCUT2D eigenvalue weighted by molar-refractivity contribution is -0.384. The smallest absolute Gasteiger partial charge is 0.271 e. The third kappa shape index (κ3) is 4.44. The topological polar surface area (TPSA) is 91.3 Å². The molecule has 1 N–H and O–H groups in total. The van der Waals surface area contributed by atoms with Crippen molar-refractivity contribution in [3.63, 3.8) is 0 Å². The van der Waals surface area contributed by atoms with Crippen LogP contribution >= 0.6 is 27.7 Å². The Hall–Kier alpha value is -1.59. The zero-order chi connectivity index (χ0) is 16.2. The number of benzene rings is 1. The minimum absolute atomic E-state index is 0.0967. The van der Waals surface area contributed by atoms with Gasteiger partial charge in [-0.3, -0.25) is 15.4 Å². The predicted octanol–water partition coefficient (Wildman–Crippen LogP) is 4.08. The van der Waals surface area contributed by atoms with Gasteiger partial charge >= 0.3 is 0 Å². The number of nitrogens with zero attached hydrogens (tertiary/aromatic N) is 3. The summed E-state index contributed by atoms with van der Waals surface area (Å²) in [6.07, 6.45) is 3.48. The predicted molar refractivity (Wildman–Crippen MR) is 88.9 cm³/mol. The highest BCUT2D eigenvalue weighted by Gasteiger charge is 2.24. The van der Waals surface area contributed by atoms with E-state index in [1.165, 1.54) is 17.8 Å². The molecule has 0 aliphatic heterocycles. The van der Waals surface area contributed by atoms with E-state index in [1.807, 2.05) is 26.8 Å². The lowest BCUT2D eigenvalue weighted by Crippen LogP contribution is -2.13. The molecule has 0 fully saturated rings. The Labute approximate surface area is 135 Å². The third-order valence-corrected chi connectivity index (χ3v) is 3.86. The summed E-state index contributed by atoms with van der Waals surface area (Å²) in [7, 11) is 0. The SMILES string of the molecule is CSC(=Nc1c(Br)cc(C(C)(C)C)cc1[N+](=O)[O-])NC#N. The van der Waals surface area contributed by atoms with Gasteiger partial charge in [-0.2, -0.15) is 5.26 Å². The van der Waals surface area contributed by atoms with Crippen molar-refractivity contribution in [2.75, 3.05) is 6.26 Å². The van der Waals surface area contributed by atoms with Gasteiger partial charge in [0.15, 0.2) is 17.0 Å². The van der Waals surface area contributed by atoms with Crippen molar-refractivity contribution in [1.82, 2.24) is 5.32 Å². The molecular formula is C13H15BrN4O2S. The van der Waals surface area contributed by atoms with Crippen LogP contribution in [0, 0.1) is 21.6 Å². The highest BCUT2D eigenvalue weighted by Crippen LogP contribution is 2.40. The first-order chi connectivity index (χ1) is 9.70. The van der Waals surface area contributed by atoms with Crippen LogP contribution in [0.2, 0.25) is 0 Å². The molecule has 1 aromatic rings. The Kier molecular flexibility index (Phi) is 5.75. The molecule has 0 spiro atoms. The van der Waals surface area contributed by atoms with E-state index in [-0.39, 0.29) is 16.8 Å². The number of hydrogen-bond acceptors (Lipinski definition) is 5. The maximum atomic E-state index is 11.3. The molecule has 0 atom stereocenters. The minimum Gasteiger partial charge on any atom is -0.271 e. The molecule has 112 valence electrons. The molecule has 0 unspecified atom stereocenters. The molecule has 1 aromatic carbocycles. The van der Waals surface area contributed by atoms with E-state index in [4.69, 9.17) is 5.26 Å². The summed E-state index contributed by atoms with van der Waals surface area (Å²) in [4.78, 5) is 15.0. The van der Waals surface area contributed by atoms with E-state index < -0.39 is 4.92 Å².